The molecule has 0 N–H and O–H groups in total. The molecule has 0 aliphatic carbocycles. The molecule has 6 nitrogen and oxygen atoms in total. The van der Waals surface area contributed by atoms with Gasteiger partial charge < -0.3 is 9.64 Å². The Morgan fingerprint density at radius 1 is 1.17 bits per heavy atom. The largest absolute Gasteiger partial charge is 0.497 e. The lowest BCUT2D eigenvalue weighted by Crippen LogP contribution is -2.46. The fraction of sp³-hybridized carbons (Fsp3) is 0.409. The van der Waals surface area contributed by atoms with Crippen LogP contribution in [-0.2, 0) is 14.8 Å². The molecule has 0 aromatic heterocycles. The van der Waals surface area contributed by atoms with Crippen molar-refractivity contribution in [3.05, 3.63) is 53.6 Å². The zero-order valence-electron chi connectivity index (χ0n) is 17.4. The number of carbonyl (C=O) groups excluding carboxylic acids is 1. The van der Waals surface area contributed by atoms with Crippen molar-refractivity contribution >= 4 is 21.6 Å². The van der Waals surface area contributed by atoms with Crippen LogP contribution in [0.25, 0.3) is 0 Å². The van der Waals surface area contributed by atoms with E-state index in [-0.39, 0.29) is 18.4 Å². The van der Waals surface area contributed by atoms with E-state index in [1.165, 1.54) is 4.31 Å². The SMILES string of the molecule is COc1cccc(N(C)C(=O)[C@H]2CCCN(S(=O)(=O)c3cc(C)ccc3C)C2)c1. The van der Waals surface area contributed by atoms with Crippen LogP contribution in [0, 0.1) is 19.8 Å². The number of hydrogen-bond donors (Lipinski definition) is 0. The van der Waals surface area contributed by atoms with Gasteiger partial charge in [-0.1, -0.05) is 18.2 Å². The number of benzene rings is 2. The number of ether oxygens (including phenoxy) is 1. The summed E-state index contributed by atoms with van der Waals surface area (Å²) in [6, 6.07) is 12.7. The van der Waals surface area contributed by atoms with E-state index in [9.17, 15) is 13.2 Å². The average Bonchev–Trinajstić information content (AvgIpc) is 2.74. The maximum Gasteiger partial charge on any atom is 0.243 e. The highest BCUT2D eigenvalue weighted by Gasteiger charge is 2.35. The Balaban J connectivity index is 1.81. The van der Waals surface area contributed by atoms with Crippen molar-refractivity contribution in [1.29, 1.82) is 0 Å². The van der Waals surface area contributed by atoms with Crippen molar-refractivity contribution in [2.24, 2.45) is 5.92 Å². The average molecular weight is 417 g/mol. The molecule has 1 saturated heterocycles. The molecule has 7 heteroatoms. The molecule has 0 saturated carbocycles. The highest BCUT2D eigenvalue weighted by atomic mass is 32.2. The number of aryl methyl sites for hydroxylation is 2. The first-order valence-corrected chi connectivity index (χ1v) is 11.2. The molecule has 0 bridgehead atoms. The fourth-order valence-corrected chi connectivity index (χ4v) is 5.54. The van der Waals surface area contributed by atoms with Crippen LogP contribution >= 0.6 is 0 Å². The molecule has 0 unspecified atom stereocenters. The Kier molecular flexibility index (Phi) is 6.29. The number of rotatable bonds is 5. The highest BCUT2D eigenvalue weighted by molar-refractivity contribution is 7.89. The van der Waals surface area contributed by atoms with Gasteiger partial charge in [-0.25, -0.2) is 8.42 Å². The molecule has 0 radical (unpaired) electrons. The summed E-state index contributed by atoms with van der Waals surface area (Å²) in [6.45, 7) is 4.31. The van der Waals surface area contributed by atoms with Crippen LogP contribution in [0.5, 0.6) is 5.75 Å². The molecule has 3 rings (SSSR count). The van der Waals surface area contributed by atoms with Gasteiger partial charge in [0.25, 0.3) is 0 Å². The van der Waals surface area contributed by atoms with Gasteiger partial charge in [-0.15, -0.1) is 0 Å². The zero-order chi connectivity index (χ0) is 21.2. The summed E-state index contributed by atoms with van der Waals surface area (Å²) in [5.74, 6) is 0.212. The van der Waals surface area contributed by atoms with Crippen LogP contribution < -0.4 is 9.64 Å². The third-order valence-electron chi connectivity index (χ3n) is 5.47. The van der Waals surface area contributed by atoms with Gasteiger partial charge in [0.15, 0.2) is 0 Å². The third-order valence-corrected chi connectivity index (χ3v) is 7.47. The standard InChI is InChI=1S/C22H28N2O4S/c1-16-10-11-17(2)21(13-16)29(26,27)24-12-6-7-18(15-24)22(25)23(3)19-8-5-9-20(14-19)28-4/h5,8-11,13-14,18H,6-7,12,15H2,1-4H3/t18-/m0/s1. The second-order valence-corrected chi connectivity index (χ2v) is 9.48. The monoisotopic (exact) mass is 416 g/mol. The molecule has 1 atom stereocenters. The smallest absolute Gasteiger partial charge is 0.243 e. The second-order valence-electron chi connectivity index (χ2n) is 7.57. The predicted molar refractivity (Wildman–Crippen MR) is 114 cm³/mol. The number of methoxy groups -OCH3 is 1. The van der Waals surface area contributed by atoms with Gasteiger partial charge in [0.05, 0.1) is 17.9 Å². The molecule has 29 heavy (non-hydrogen) atoms. The summed E-state index contributed by atoms with van der Waals surface area (Å²) in [5.41, 5.74) is 2.35. The molecule has 1 aliphatic heterocycles. The molecule has 1 amide bonds. The minimum Gasteiger partial charge on any atom is -0.497 e. The van der Waals surface area contributed by atoms with Crippen LogP contribution in [0.15, 0.2) is 47.4 Å². The maximum absolute atomic E-state index is 13.2. The minimum atomic E-state index is -3.64. The van der Waals surface area contributed by atoms with Crippen LogP contribution in [-0.4, -0.2) is 45.9 Å². The van der Waals surface area contributed by atoms with Crippen molar-refractivity contribution in [3.63, 3.8) is 0 Å². The molecular formula is C22H28N2O4S. The summed E-state index contributed by atoms with van der Waals surface area (Å²) >= 11 is 0. The molecular weight excluding hydrogens is 388 g/mol. The van der Waals surface area contributed by atoms with Gasteiger partial charge in [0, 0.05) is 31.9 Å². The van der Waals surface area contributed by atoms with E-state index >= 15 is 0 Å². The van der Waals surface area contributed by atoms with Gasteiger partial charge in [0.1, 0.15) is 5.75 Å². The van der Waals surface area contributed by atoms with Crippen molar-refractivity contribution in [3.8, 4) is 5.75 Å². The molecule has 1 fully saturated rings. The van der Waals surface area contributed by atoms with Crippen LogP contribution in [0.3, 0.4) is 0 Å². The number of sulfonamides is 1. The topological polar surface area (TPSA) is 66.9 Å². The molecule has 156 valence electrons. The normalized spacial score (nSPS) is 17.7. The molecule has 2 aromatic carbocycles. The fourth-order valence-electron chi connectivity index (χ4n) is 3.71. The Morgan fingerprint density at radius 2 is 1.93 bits per heavy atom. The number of nitrogens with zero attached hydrogens (tertiary/aromatic N) is 2. The van der Waals surface area contributed by atoms with E-state index in [0.29, 0.717) is 30.0 Å². The first-order valence-electron chi connectivity index (χ1n) is 9.73. The zero-order valence-corrected chi connectivity index (χ0v) is 18.2. The van der Waals surface area contributed by atoms with Gasteiger partial charge >= 0.3 is 0 Å². The van der Waals surface area contributed by atoms with Crippen molar-refractivity contribution in [2.45, 2.75) is 31.6 Å². The van der Waals surface area contributed by atoms with E-state index in [2.05, 4.69) is 0 Å². The van der Waals surface area contributed by atoms with Gasteiger partial charge in [-0.05, 0) is 56.0 Å². The third kappa shape index (κ3) is 4.46. The van der Waals surface area contributed by atoms with E-state index in [1.807, 2.05) is 37.3 Å². The quantitative estimate of drug-likeness (QED) is 0.749. The molecule has 0 spiro atoms. The lowest BCUT2D eigenvalue weighted by Gasteiger charge is -2.33. The van der Waals surface area contributed by atoms with Crippen molar-refractivity contribution in [2.75, 3.05) is 32.1 Å². The Labute approximate surface area is 173 Å². The lowest BCUT2D eigenvalue weighted by atomic mass is 9.98. The highest BCUT2D eigenvalue weighted by Crippen LogP contribution is 2.29. The lowest BCUT2D eigenvalue weighted by molar-refractivity contribution is -0.123. The Morgan fingerprint density at radius 3 is 2.66 bits per heavy atom. The van der Waals surface area contributed by atoms with Crippen molar-refractivity contribution < 1.29 is 17.9 Å². The maximum atomic E-state index is 13.2. The van der Waals surface area contributed by atoms with Crippen LogP contribution in [0.1, 0.15) is 24.0 Å². The van der Waals surface area contributed by atoms with Gasteiger partial charge in [0.2, 0.25) is 15.9 Å². The van der Waals surface area contributed by atoms with E-state index in [1.54, 1.807) is 38.1 Å². The Bertz CT molecular complexity index is 1000. The predicted octanol–water partition coefficient (Wildman–Crippen LogP) is 3.38. The molecule has 1 heterocycles. The van der Waals surface area contributed by atoms with E-state index < -0.39 is 10.0 Å². The summed E-state index contributed by atoms with van der Waals surface area (Å²) in [4.78, 5) is 15.0. The van der Waals surface area contributed by atoms with Gasteiger partial charge in [-0.2, -0.15) is 4.31 Å². The summed E-state index contributed by atoms with van der Waals surface area (Å²) in [6.07, 6.45) is 1.33. The molecule has 2 aromatic rings. The van der Waals surface area contributed by atoms with E-state index in [0.717, 1.165) is 16.8 Å². The number of carbonyl (C=O) groups is 1. The van der Waals surface area contributed by atoms with Crippen LogP contribution in [0.4, 0.5) is 5.69 Å². The number of hydrogen-bond acceptors (Lipinski definition) is 4. The first kappa shape index (κ1) is 21.3. The minimum absolute atomic E-state index is 0.0842. The van der Waals surface area contributed by atoms with Crippen LogP contribution in [0.2, 0.25) is 0 Å². The number of amides is 1. The number of piperidine rings is 1. The summed E-state index contributed by atoms with van der Waals surface area (Å²) in [5, 5.41) is 0. The Hall–Kier alpha value is -2.38. The second kappa shape index (κ2) is 8.55. The molecule has 1 aliphatic rings. The summed E-state index contributed by atoms with van der Waals surface area (Å²) < 4.78 is 33.2. The summed E-state index contributed by atoms with van der Waals surface area (Å²) in [7, 11) is -0.341. The first-order chi connectivity index (χ1) is 13.7. The van der Waals surface area contributed by atoms with Gasteiger partial charge in [-0.3, -0.25) is 4.79 Å². The van der Waals surface area contributed by atoms with Crippen molar-refractivity contribution in [1.82, 2.24) is 4.31 Å². The van der Waals surface area contributed by atoms with E-state index in [4.69, 9.17) is 4.74 Å². The number of anilines is 1.